The van der Waals surface area contributed by atoms with Crippen molar-refractivity contribution < 1.29 is 10.0 Å². The molecule has 1 aliphatic rings. The lowest BCUT2D eigenvalue weighted by atomic mass is 10.1. The summed E-state index contributed by atoms with van der Waals surface area (Å²) in [5, 5.41) is 8.51. The molecule has 25 heavy (non-hydrogen) atoms. The zero-order valence-corrected chi connectivity index (χ0v) is 14.3. The van der Waals surface area contributed by atoms with Crippen LogP contribution in [-0.4, -0.2) is 17.7 Å². The number of carbonyl (C=O) groups excluding carboxylic acids is 1. The van der Waals surface area contributed by atoms with Crippen LogP contribution in [0.3, 0.4) is 0 Å². The van der Waals surface area contributed by atoms with Gasteiger partial charge in [0.25, 0.3) is 0 Å². The Morgan fingerprint density at radius 3 is 2.00 bits per heavy atom. The van der Waals surface area contributed by atoms with E-state index in [1.165, 1.54) is 22.5 Å². The predicted molar refractivity (Wildman–Crippen MR) is 102 cm³/mol. The first-order valence-corrected chi connectivity index (χ1v) is 8.86. The van der Waals surface area contributed by atoms with Gasteiger partial charge in [-0.1, -0.05) is 61.4 Å². The van der Waals surface area contributed by atoms with E-state index in [0.29, 0.717) is 6.42 Å². The number of nitrogens with one attached hydrogen (secondary N) is 1. The number of hydrogen-bond donors (Lipinski definition) is 2. The summed E-state index contributed by atoms with van der Waals surface area (Å²) in [5.74, 6) is -0.304. The molecule has 1 heterocycles. The van der Waals surface area contributed by atoms with Crippen molar-refractivity contribution in [3.05, 3.63) is 59.7 Å². The molecule has 4 nitrogen and oxygen atoms in total. The van der Waals surface area contributed by atoms with Gasteiger partial charge in [0.1, 0.15) is 0 Å². The molecule has 1 aliphatic heterocycles. The van der Waals surface area contributed by atoms with E-state index >= 15 is 0 Å². The number of carbonyl (C=O) groups is 1. The predicted octanol–water partition coefficient (Wildman–Crippen LogP) is 4.76. The van der Waals surface area contributed by atoms with Crippen molar-refractivity contribution in [2.45, 2.75) is 32.1 Å². The zero-order chi connectivity index (χ0) is 17.5. The number of unbranched alkanes of at least 4 members (excludes halogenated alkanes) is 3. The minimum absolute atomic E-state index is 0.304. The minimum Gasteiger partial charge on any atom is -0.341 e. The molecule has 2 aromatic rings. The largest absolute Gasteiger partial charge is 0.341 e. The van der Waals surface area contributed by atoms with Gasteiger partial charge in [0.05, 0.1) is 0 Å². The molecular formula is C21H24N2O2. The molecular weight excluding hydrogens is 312 g/mol. The van der Waals surface area contributed by atoms with E-state index < -0.39 is 0 Å². The second-order valence-electron chi connectivity index (χ2n) is 6.30. The summed E-state index contributed by atoms with van der Waals surface area (Å²) < 4.78 is 0. The van der Waals surface area contributed by atoms with Gasteiger partial charge in [0, 0.05) is 24.3 Å². The lowest BCUT2D eigenvalue weighted by molar-refractivity contribution is -0.129. The SMILES string of the molecule is O=C(CCCCCCN1c2ccccc2C=Cc2ccccc21)NO. The quantitative estimate of drug-likeness (QED) is 0.435. The maximum absolute atomic E-state index is 11.0. The van der Waals surface area contributed by atoms with Crippen molar-refractivity contribution in [2.75, 3.05) is 11.4 Å². The molecule has 3 rings (SSSR count). The van der Waals surface area contributed by atoms with E-state index in [9.17, 15) is 4.79 Å². The third-order valence-corrected chi connectivity index (χ3v) is 4.56. The Morgan fingerprint density at radius 2 is 1.40 bits per heavy atom. The molecule has 0 radical (unpaired) electrons. The van der Waals surface area contributed by atoms with Gasteiger partial charge in [0.2, 0.25) is 5.91 Å². The molecule has 0 atom stereocenters. The monoisotopic (exact) mass is 336 g/mol. The molecule has 0 saturated carbocycles. The van der Waals surface area contributed by atoms with Crippen molar-refractivity contribution in [1.29, 1.82) is 0 Å². The van der Waals surface area contributed by atoms with Crippen LogP contribution in [0, 0.1) is 0 Å². The van der Waals surface area contributed by atoms with Crippen LogP contribution in [0.1, 0.15) is 43.2 Å². The molecule has 0 fully saturated rings. The number of nitrogens with zero attached hydrogens (tertiary/aromatic N) is 1. The number of hydroxylamine groups is 1. The Bertz CT molecular complexity index is 706. The van der Waals surface area contributed by atoms with Gasteiger partial charge in [-0.3, -0.25) is 10.0 Å². The summed E-state index contributed by atoms with van der Waals surface area (Å²) in [6.07, 6.45) is 8.67. The topological polar surface area (TPSA) is 52.6 Å². The highest BCUT2D eigenvalue weighted by Crippen LogP contribution is 2.36. The van der Waals surface area contributed by atoms with Crippen LogP contribution in [-0.2, 0) is 4.79 Å². The van der Waals surface area contributed by atoms with Gasteiger partial charge >= 0.3 is 0 Å². The molecule has 4 heteroatoms. The average Bonchev–Trinajstić information content (AvgIpc) is 2.81. The molecule has 0 unspecified atom stereocenters. The van der Waals surface area contributed by atoms with Crippen molar-refractivity contribution in [2.24, 2.45) is 0 Å². The van der Waals surface area contributed by atoms with Crippen LogP contribution in [0.2, 0.25) is 0 Å². The van der Waals surface area contributed by atoms with Crippen LogP contribution in [0.25, 0.3) is 12.2 Å². The molecule has 2 N–H and O–H groups in total. The molecule has 0 saturated heterocycles. The Hall–Kier alpha value is -2.59. The maximum Gasteiger partial charge on any atom is 0.243 e. The van der Waals surface area contributed by atoms with Gasteiger partial charge < -0.3 is 4.90 Å². The standard InChI is InChI=1S/C21H24N2O2/c24-21(22-25)13-3-1-2-8-16-23-19-11-6-4-9-17(19)14-15-18-10-5-7-12-20(18)23/h4-7,9-12,14-15,25H,1-3,8,13,16H2,(H,22,24). The van der Waals surface area contributed by atoms with E-state index in [-0.39, 0.29) is 5.91 Å². The van der Waals surface area contributed by atoms with Crippen LogP contribution in [0.15, 0.2) is 48.5 Å². The molecule has 1 amide bonds. The van der Waals surface area contributed by atoms with Gasteiger partial charge in [-0.05, 0) is 36.1 Å². The first-order chi connectivity index (χ1) is 12.3. The summed E-state index contributed by atoms with van der Waals surface area (Å²) >= 11 is 0. The fourth-order valence-electron chi connectivity index (χ4n) is 3.26. The molecule has 0 aliphatic carbocycles. The Morgan fingerprint density at radius 1 is 0.840 bits per heavy atom. The first kappa shape index (κ1) is 17.2. The van der Waals surface area contributed by atoms with Gasteiger partial charge in [0.15, 0.2) is 0 Å². The summed E-state index contributed by atoms with van der Waals surface area (Å²) in [6, 6.07) is 17.0. The van der Waals surface area contributed by atoms with Gasteiger partial charge in [-0.25, -0.2) is 5.48 Å². The average molecular weight is 336 g/mol. The summed E-state index contributed by atoms with van der Waals surface area (Å²) in [6.45, 7) is 0.946. The second kappa shape index (κ2) is 8.49. The highest BCUT2D eigenvalue weighted by molar-refractivity contribution is 5.88. The number of rotatable bonds is 7. The third-order valence-electron chi connectivity index (χ3n) is 4.56. The number of hydrogen-bond acceptors (Lipinski definition) is 3. The van der Waals surface area contributed by atoms with Crippen LogP contribution >= 0.6 is 0 Å². The van der Waals surface area contributed by atoms with Crippen LogP contribution < -0.4 is 10.4 Å². The van der Waals surface area contributed by atoms with Crippen LogP contribution in [0.5, 0.6) is 0 Å². The van der Waals surface area contributed by atoms with E-state index in [0.717, 1.165) is 32.2 Å². The van der Waals surface area contributed by atoms with Gasteiger partial charge in [-0.15, -0.1) is 0 Å². The molecule has 0 bridgehead atoms. The number of para-hydroxylation sites is 2. The maximum atomic E-state index is 11.0. The molecule has 0 aromatic heterocycles. The van der Waals surface area contributed by atoms with Crippen molar-refractivity contribution in [3.63, 3.8) is 0 Å². The van der Waals surface area contributed by atoms with E-state index in [1.807, 2.05) is 0 Å². The van der Waals surface area contributed by atoms with E-state index in [4.69, 9.17) is 5.21 Å². The van der Waals surface area contributed by atoms with Crippen molar-refractivity contribution >= 4 is 29.4 Å². The Labute approximate surface area is 148 Å². The molecule has 0 spiro atoms. The summed E-state index contributed by atoms with van der Waals surface area (Å²) in [5.41, 5.74) is 6.63. The molecule has 130 valence electrons. The fourth-order valence-corrected chi connectivity index (χ4v) is 3.26. The number of fused-ring (bicyclic) bond motifs is 2. The highest BCUT2D eigenvalue weighted by Gasteiger charge is 2.16. The Balaban J connectivity index is 1.66. The fraction of sp³-hybridized carbons (Fsp3) is 0.286. The van der Waals surface area contributed by atoms with Crippen molar-refractivity contribution in [3.8, 4) is 0 Å². The third kappa shape index (κ3) is 4.28. The van der Waals surface area contributed by atoms with Crippen LogP contribution in [0.4, 0.5) is 11.4 Å². The van der Waals surface area contributed by atoms with Gasteiger partial charge in [-0.2, -0.15) is 0 Å². The smallest absolute Gasteiger partial charge is 0.243 e. The lowest BCUT2D eigenvalue weighted by Gasteiger charge is -2.27. The number of anilines is 2. The lowest BCUT2D eigenvalue weighted by Crippen LogP contribution is -2.20. The highest BCUT2D eigenvalue weighted by atomic mass is 16.5. The first-order valence-electron chi connectivity index (χ1n) is 8.86. The summed E-state index contributed by atoms with van der Waals surface area (Å²) in [7, 11) is 0. The Kier molecular flexibility index (Phi) is 5.86. The second-order valence-corrected chi connectivity index (χ2v) is 6.30. The zero-order valence-electron chi connectivity index (χ0n) is 14.3. The number of benzene rings is 2. The van der Waals surface area contributed by atoms with Crippen molar-refractivity contribution in [1.82, 2.24) is 5.48 Å². The minimum atomic E-state index is -0.304. The normalized spacial score (nSPS) is 12.3. The number of amides is 1. The molecule has 2 aromatic carbocycles. The van der Waals surface area contributed by atoms with E-state index in [1.54, 1.807) is 5.48 Å². The summed E-state index contributed by atoms with van der Waals surface area (Å²) in [4.78, 5) is 13.4. The van der Waals surface area contributed by atoms with E-state index in [2.05, 4.69) is 65.6 Å².